The summed E-state index contributed by atoms with van der Waals surface area (Å²) in [5.74, 6) is 0.926. The van der Waals surface area contributed by atoms with E-state index < -0.39 is 8.48 Å². The van der Waals surface area contributed by atoms with E-state index in [9.17, 15) is 0 Å². The Morgan fingerprint density at radius 1 is 0.475 bits per heavy atom. The SMILES string of the molecule is Cc1cccc(N2c3ccccc3O[Si]2(c2ccc(-c3ccccc3)cc2)c2ccc(-c3ccccc3)cc2)c1. The summed E-state index contributed by atoms with van der Waals surface area (Å²) < 4.78 is 9.72. The van der Waals surface area contributed by atoms with E-state index in [1.165, 1.54) is 38.2 Å². The van der Waals surface area contributed by atoms with Gasteiger partial charge in [-0.15, -0.1) is 0 Å². The van der Waals surface area contributed by atoms with Crippen molar-refractivity contribution in [2.24, 2.45) is 0 Å². The van der Waals surface area contributed by atoms with Gasteiger partial charge in [-0.2, -0.15) is 0 Å². The Bertz CT molecular complexity index is 1680. The van der Waals surface area contributed by atoms with Gasteiger partial charge in [-0.3, -0.25) is 0 Å². The predicted molar refractivity (Wildman–Crippen MR) is 169 cm³/mol. The molecular formula is C37H29NOSi. The van der Waals surface area contributed by atoms with Crippen LogP contribution >= 0.6 is 0 Å². The van der Waals surface area contributed by atoms with Crippen LogP contribution in [0.3, 0.4) is 0 Å². The van der Waals surface area contributed by atoms with Gasteiger partial charge in [0.2, 0.25) is 0 Å². The lowest BCUT2D eigenvalue weighted by molar-refractivity contribution is 0.588. The van der Waals surface area contributed by atoms with Gasteiger partial charge in [0.15, 0.2) is 0 Å². The maximum atomic E-state index is 7.23. The van der Waals surface area contributed by atoms with Gasteiger partial charge in [0.1, 0.15) is 5.75 Å². The summed E-state index contributed by atoms with van der Waals surface area (Å²) in [6.07, 6.45) is 0. The molecule has 0 radical (unpaired) electrons. The summed E-state index contributed by atoms with van der Waals surface area (Å²) in [6.45, 7) is 2.15. The van der Waals surface area contributed by atoms with Crippen molar-refractivity contribution < 1.29 is 4.43 Å². The van der Waals surface area contributed by atoms with Crippen LogP contribution in [0, 0.1) is 6.92 Å². The zero-order valence-corrected chi connectivity index (χ0v) is 23.4. The van der Waals surface area contributed by atoms with E-state index in [4.69, 9.17) is 4.43 Å². The summed E-state index contributed by atoms with van der Waals surface area (Å²) in [5.41, 5.74) is 8.31. The third kappa shape index (κ3) is 4.12. The molecule has 3 heteroatoms. The first-order valence-electron chi connectivity index (χ1n) is 13.7. The summed E-state index contributed by atoms with van der Waals surface area (Å²) in [4.78, 5) is 0. The molecule has 0 fully saturated rings. The van der Waals surface area contributed by atoms with Crippen molar-refractivity contribution >= 4 is 30.2 Å². The highest BCUT2D eigenvalue weighted by Crippen LogP contribution is 2.45. The highest BCUT2D eigenvalue weighted by atomic mass is 28.4. The van der Waals surface area contributed by atoms with Gasteiger partial charge in [0.25, 0.3) is 0 Å². The molecule has 0 saturated carbocycles. The Balaban J connectivity index is 1.44. The molecule has 6 aromatic rings. The molecule has 40 heavy (non-hydrogen) atoms. The minimum Gasteiger partial charge on any atom is -0.516 e. The fourth-order valence-corrected chi connectivity index (χ4v) is 9.70. The Hall–Kier alpha value is -4.86. The molecule has 1 heterocycles. The van der Waals surface area contributed by atoms with Crippen LogP contribution in [0.4, 0.5) is 11.4 Å². The van der Waals surface area contributed by atoms with Crippen molar-refractivity contribution in [3.63, 3.8) is 0 Å². The molecule has 2 nitrogen and oxygen atoms in total. The quantitative estimate of drug-likeness (QED) is 0.208. The molecule has 7 rings (SSSR count). The molecule has 0 atom stereocenters. The van der Waals surface area contributed by atoms with Crippen LogP contribution < -0.4 is 19.4 Å². The first kappa shape index (κ1) is 24.2. The molecular weight excluding hydrogens is 502 g/mol. The summed E-state index contributed by atoms with van der Waals surface area (Å²) >= 11 is 0. The minimum atomic E-state index is -3.00. The largest absolute Gasteiger partial charge is 0.516 e. The van der Waals surface area contributed by atoms with E-state index in [0.717, 1.165) is 17.1 Å². The lowest BCUT2D eigenvalue weighted by Gasteiger charge is -2.36. The summed E-state index contributed by atoms with van der Waals surface area (Å²) in [7, 11) is -3.00. The van der Waals surface area contributed by atoms with Gasteiger partial charge < -0.3 is 8.99 Å². The highest BCUT2D eigenvalue weighted by molar-refractivity contribution is 7.02. The molecule has 192 valence electrons. The molecule has 6 aromatic carbocycles. The van der Waals surface area contributed by atoms with Crippen molar-refractivity contribution in [2.75, 3.05) is 4.57 Å². The average Bonchev–Trinajstić information content (AvgIpc) is 3.38. The van der Waals surface area contributed by atoms with Crippen LogP contribution in [0.15, 0.2) is 158 Å². The second-order valence-corrected chi connectivity index (χ2v) is 13.4. The Morgan fingerprint density at radius 3 is 1.52 bits per heavy atom. The summed E-state index contributed by atoms with van der Waals surface area (Å²) in [5, 5.41) is 2.41. The van der Waals surface area contributed by atoms with E-state index >= 15 is 0 Å². The maximum Gasteiger partial charge on any atom is 0.433 e. The van der Waals surface area contributed by atoms with Gasteiger partial charge in [-0.05, 0) is 59.0 Å². The highest BCUT2D eigenvalue weighted by Gasteiger charge is 2.55. The first-order valence-corrected chi connectivity index (χ1v) is 15.5. The van der Waals surface area contributed by atoms with Gasteiger partial charge >= 0.3 is 8.48 Å². The van der Waals surface area contributed by atoms with E-state index in [0.29, 0.717) is 0 Å². The van der Waals surface area contributed by atoms with Crippen LogP contribution in [-0.2, 0) is 0 Å². The molecule has 0 saturated heterocycles. The number of hydrogen-bond donors (Lipinski definition) is 0. The Kier molecular flexibility index (Phi) is 6.07. The molecule has 0 amide bonds. The molecule has 0 aliphatic carbocycles. The smallest absolute Gasteiger partial charge is 0.433 e. The Morgan fingerprint density at radius 2 is 0.975 bits per heavy atom. The van der Waals surface area contributed by atoms with Gasteiger partial charge in [0, 0.05) is 16.1 Å². The predicted octanol–water partition coefficient (Wildman–Crippen LogP) is 8.12. The zero-order valence-electron chi connectivity index (χ0n) is 22.4. The number of hydrogen-bond acceptors (Lipinski definition) is 2. The van der Waals surface area contributed by atoms with Crippen molar-refractivity contribution in [3.8, 4) is 28.0 Å². The van der Waals surface area contributed by atoms with E-state index in [1.807, 2.05) is 0 Å². The van der Waals surface area contributed by atoms with E-state index in [-0.39, 0.29) is 0 Å². The van der Waals surface area contributed by atoms with Gasteiger partial charge in [-0.25, -0.2) is 0 Å². The van der Waals surface area contributed by atoms with Crippen LogP contribution in [-0.4, -0.2) is 8.48 Å². The number of fused-ring (bicyclic) bond motifs is 1. The van der Waals surface area contributed by atoms with Crippen LogP contribution in [0.1, 0.15) is 5.56 Å². The standard InChI is InChI=1S/C37H29NOSi/c1-28-11-10-16-33(27-28)38-36-17-8-9-18-37(36)39-40(38,34-23-19-31(20-24-34)29-12-4-2-5-13-29)35-25-21-32(22-26-35)30-14-6-3-7-15-30/h2-27H,1H3. The number of benzene rings is 6. The molecule has 0 unspecified atom stereocenters. The van der Waals surface area contributed by atoms with Crippen molar-refractivity contribution in [1.29, 1.82) is 0 Å². The molecule has 0 spiro atoms. The number of anilines is 2. The number of nitrogens with zero attached hydrogens (tertiary/aromatic N) is 1. The molecule has 1 aliphatic rings. The minimum absolute atomic E-state index is 0.926. The van der Waals surface area contributed by atoms with Crippen molar-refractivity contribution in [2.45, 2.75) is 6.92 Å². The number of para-hydroxylation sites is 2. The topological polar surface area (TPSA) is 12.5 Å². The fourth-order valence-electron chi connectivity index (χ4n) is 5.77. The first-order chi connectivity index (χ1) is 19.7. The normalized spacial score (nSPS) is 13.5. The van der Waals surface area contributed by atoms with Gasteiger partial charge in [-0.1, -0.05) is 133 Å². The maximum absolute atomic E-state index is 7.23. The van der Waals surface area contributed by atoms with Crippen molar-refractivity contribution in [1.82, 2.24) is 0 Å². The monoisotopic (exact) mass is 531 g/mol. The average molecular weight is 532 g/mol. The Labute approximate surface area is 237 Å². The molecule has 0 aromatic heterocycles. The molecule has 1 aliphatic heterocycles. The van der Waals surface area contributed by atoms with Crippen LogP contribution in [0.2, 0.25) is 0 Å². The second kappa shape index (κ2) is 10.0. The fraction of sp³-hybridized carbons (Fsp3) is 0.0270. The van der Waals surface area contributed by atoms with E-state index in [1.54, 1.807) is 0 Å². The number of rotatable bonds is 5. The zero-order chi connectivity index (χ0) is 26.9. The van der Waals surface area contributed by atoms with Crippen LogP contribution in [0.5, 0.6) is 5.75 Å². The van der Waals surface area contributed by atoms with Gasteiger partial charge in [0.05, 0.1) is 5.69 Å². The lowest BCUT2D eigenvalue weighted by atomic mass is 10.1. The van der Waals surface area contributed by atoms with Crippen molar-refractivity contribution in [3.05, 3.63) is 163 Å². The van der Waals surface area contributed by atoms with E-state index in [2.05, 4.69) is 169 Å². The molecule has 0 N–H and O–H groups in total. The number of aryl methyl sites for hydroxylation is 1. The lowest BCUT2D eigenvalue weighted by Crippen LogP contribution is -2.71. The molecule has 0 bridgehead atoms. The van der Waals surface area contributed by atoms with Crippen LogP contribution in [0.25, 0.3) is 22.3 Å². The third-order valence-electron chi connectivity index (χ3n) is 7.71. The summed E-state index contributed by atoms with van der Waals surface area (Å²) in [6, 6.07) is 56.3. The third-order valence-corrected chi connectivity index (χ3v) is 11.6. The second-order valence-electron chi connectivity index (χ2n) is 10.3.